The van der Waals surface area contributed by atoms with Crippen LogP contribution in [0.4, 0.5) is 5.82 Å². The number of amides is 1. The zero-order valence-electron chi connectivity index (χ0n) is 21.4. The van der Waals surface area contributed by atoms with Crippen LogP contribution < -0.4 is 16.2 Å². The molecule has 2 aliphatic heterocycles. The molecule has 3 heterocycles. The Hall–Kier alpha value is -2.83. The quantitative estimate of drug-likeness (QED) is 0.538. The fourth-order valence-corrected chi connectivity index (χ4v) is 5.84. The summed E-state index contributed by atoms with van der Waals surface area (Å²) in [5, 5.41) is 7.63. The van der Waals surface area contributed by atoms with Crippen LogP contribution in [0.15, 0.2) is 52.3 Å². The number of pyridine rings is 1. The molecule has 5 rings (SSSR count). The number of carbonyl (C=O) groups is 1. The van der Waals surface area contributed by atoms with Gasteiger partial charge in [-0.05, 0) is 59.7 Å². The molecule has 0 spiro atoms. The Morgan fingerprint density at radius 3 is 2.64 bits per heavy atom. The molecule has 2 N–H and O–H groups in total. The van der Waals surface area contributed by atoms with Crippen molar-refractivity contribution in [2.75, 3.05) is 25.0 Å². The van der Waals surface area contributed by atoms with Gasteiger partial charge in [-0.15, -0.1) is 0 Å². The second kappa shape index (κ2) is 10.3. The van der Waals surface area contributed by atoms with Gasteiger partial charge in [0.2, 0.25) is 5.91 Å². The molecule has 190 valence electrons. The minimum atomic E-state index is -0.106. The van der Waals surface area contributed by atoms with Gasteiger partial charge in [0.1, 0.15) is 12.4 Å². The Kier molecular flexibility index (Phi) is 7.09. The first-order valence-electron chi connectivity index (χ1n) is 13.0. The minimum absolute atomic E-state index is 0.0103. The number of nitrogens with one attached hydrogen (secondary N) is 2. The lowest BCUT2D eigenvalue weighted by atomic mass is 9.87. The third-order valence-corrected chi connectivity index (χ3v) is 7.83. The number of fused-ring (bicyclic) bond motifs is 2. The maximum absolute atomic E-state index is 13.7. The lowest BCUT2D eigenvalue weighted by molar-refractivity contribution is -0.137. The van der Waals surface area contributed by atoms with Crippen molar-refractivity contribution in [3.05, 3.63) is 79.6 Å². The molecule has 0 saturated carbocycles. The van der Waals surface area contributed by atoms with E-state index >= 15 is 0 Å². The number of aromatic nitrogens is 1. The first kappa shape index (κ1) is 24.8. The monoisotopic (exact) mass is 506 g/mol. The van der Waals surface area contributed by atoms with Crippen molar-refractivity contribution >= 4 is 28.9 Å². The SMILES string of the molecule is CCCC1C=C(C)C2=C1c1cc(CNCc3ccc(Cl)cc3)c(=O)n(CC(=O)N3CC(C)C3)c1NC2. The van der Waals surface area contributed by atoms with Crippen LogP contribution in [0.1, 0.15) is 50.3 Å². The van der Waals surface area contributed by atoms with Crippen LogP contribution in [0.5, 0.6) is 0 Å². The lowest BCUT2D eigenvalue weighted by Gasteiger charge is -2.37. The highest BCUT2D eigenvalue weighted by Crippen LogP contribution is 2.45. The molecule has 1 unspecified atom stereocenters. The average molecular weight is 507 g/mol. The molecule has 1 aliphatic carbocycles. The zero-order chi connectivity index (χ0) is 25.4. The van der Waals surface area contributed by atoms with Crippen molar-refractivity contribution in [1.82, 2.24) is 14.8 Å². The number of hydrogen-bond acceptors (Lipinski definition) is 4. The highest BCUT2D eigenvalue weighted by atomic mass is 35.5. The number of hydrogen-bond donors (Lipinski definition) is 2. The lowest BCUT2D eigenvalue weighted by Crippen LogP contribution is -2.50. The first-order valence-corrected chi connectivity index (χ1v) is 13.4. The maximum Gasteiger partial charge on any atom is 0.257 e. The van der Waals surface area contributed by atoms with E-state index < -0.39 is 0 Å². The number of likely N-dealkylation sites (tertiary alicyclic amines) is 1. The molecule has 6 nitrogen and oxygen atoms in total. The Labute approximate surface area is 218 Å². The molecular weight excluding hydrogens is 472 g/mol. The summed E-state index contributed by atoms with van der Waals surface area (Å²) in [5.41, 5.74) is 6.70. The molecule has 1 saturated heterocycles. The molecule has 1 amide bonds. The molecule has 1 atom stereocenters. The largest absolute Gasteiger partial charge is 0.367 e. The summed E-state index contributed by atoms with van der Waals surface area (Å²) in [6, 6.07) is 9.76. The summed E-state index contributed by atoms with van der Waals surface area (Å²) in [6.07, 6.45) is 4.53. The van der Waals surface area contributed by atoms with Gasteiger partial charge < -0.3 is 15.5 Å². The third kappa shape index (κ3) is 4.76. The van der Waals surface area contributed by atoms with Crippen LogP contribution in [0.3, 0.4) is 0 Å². The van der Waals surface area contributed by atoms with Gasteiger partial charge in [-0.25, -0.2) is 0 Å². The summed E-state index contributed by atoms with van der Waals surface area (Å²) >= 11 is 6.01. The van der Waals surface area contributed by atoms with Crippen molar-refractivity contribution in [2.45, 2.75) is 53.2 Å². The van der Waals surface area contributed by atoms with Crippen LogP contribution in [0.2, 0.25) is 5.02 Å². The summed E-state index contributed by atoms with van der Waals surface area (Å²) < 4.78 is 1.68. The normalized spacial score (nSPS) is 18.9. The van der Waals surface area contributed by atoms with Gasteiger partial charge in [-0.2, -0.15) is 0 Å². The van der Waals surface area contributed by atoms with E-state index in [9.17, 15) is 9.59 Å². The molecule has 0 bridgehead atoms. The molecular formula is C29H35ClN4O2. The van der Waals surface area contributed by atoms with E-state index in [0.29, 0.717) is 42.1 Å². The summed E-state index contributed by atoms with van der Waals surface area (Å²) in [6.45, 7) is 9.88. The van der Waals surface area contributed by atoms with Gasteiger partial charge in [-0.3, -0.25) is 14.2 Å². The Morgan fingerprint density at radius 1 is 1.19 bits per heavy atom. The molecule has 36 heavy (non-hydrogen) atoms. The molecule has 1 aromatic heterocycles. The van der Waals surface area contributed by atoms with Gasteiger partial charge in [0.15, 0.2) is 0 Å². The first-order chi connectivity index (χ1) is 17.4. The summed E-state index contributed by atoms with van der Waals surface area (Å²) in [4.78, 5) is 28.6. The van der Waals surface area contributed by atoms with Crippen molar-refractivity contribution < 1.29 is 4.79 Å². The molecule has 1 aromatic carbocycles. The van der Waals surface area contributed by atoms with Gasteiger partial charge >= 0.3 is 0 Å². The highest BCUT2D eigenvalue weighted by molar-refractivity contribution is 6.30. The number of halogens is 1. The number of carbonyl (C=O) groups excluding carboxylic acids is 1. The predicted octanol–water partition coefficient (Wildman–Crippen LogP) is 4.83. The fraction of sp³-hybridized carbons (Fsp3) is 0.448. The van der Waals surface area contributed by atoms with Gasteiger partial charge in [-0.1, -0.05) is 50.1 Å². The minimum Gasteiger partial charge on any atom is -0.367 e. The average Bonchev–Trinajstić information content (AvgIpc) is 3.16. The smallest absolute Gasteiger partial charge is 0.257 e. The Morgan fingerprint density at radius 2 is 1.94 bits per heavy atom. The van der Waals surface area contributed by atoms with Crippen LogP contribution in [-0.2, 0) is 24.4 Å². The zero-order valence-corrected chi connectivity index (χ0v) is 22.1. The third-order valence-electron chi connectivity index (χ3n) is 7.58. The summed E-state index contributed by atoms with van der Waals surface area (Å²) in [5.74, 6) is 1.66. The number of anilines is 1. The second-order valence-electron chi connectivity index (χ2n) is 10.4. The van der Waals surface area contributed by atoms with Gasteiger partial charge in [0, 0.05) is 54.8 Å². The number of nitrogens with zero attached hydrogens (tertiary/aromatic N) is 2. The molecule has 3 aliphatic rings. The fourth-order valence-electron chi connectivity index (χ4n) is 5.71. The second-order valence-corrected chi connectivity index (χ2v) is 10.9. The maximum atomic E-state index is 13.7. The van der Waals surface area contributed by atoms with Crippen molar-refractivity contribution in [3.8, 4) is 0 Å². The van der Waals surface area contributed by atoms with Gasteiger partial charge in [0.25, 0.3) is 5.56 Å². The van der Waals surface area contributed by atoms with Crippen molar-refractivity contribution in [2.24, 2.45) is 11.8 Å². The molecule has 0 radical (unpaired) electrons. The van der Waals surface area contributed by atoms with Crippen molar-refractivity contribution in [1.29, 1.82) is 0 Å². The Bertz CT molecular complexity index is 1290. The van der Waals surface area contributed by atoms with E-state index in [4.69, 9.17) is 11.6 Å². The molecule has 1 fully saturated rings. The van der Waals surface area contributed by atoms with E-state index in [-0.39, 0.29) is 18.0 Å². The van der Waals surface area contributed by atoms with E-state index in [2.05, 4.69) is 43.5 Å². The molecule has 7 heteroatoms. The predicted molar refractivity (Wildman–Crippen MR) is 146 cm³/mol. The number of allylic oxidation sites excluding steroid dienone is 2. The van der Waals surface area contributed by atoms with Crippen LogP contribution in [0.25, 0.3) is 5.57 Å². The Balaban J connectivity index is 1.49. The van der Waals surface area contributed by atoms with Crippen LogP contribution >= 0.6 is 11.6 Å². The van der Waals surface area contributed by atoms with E-state index in [1.165, 1.54) is 16.7 Å². The van der Waals surface area contributed by atoms with Crippen LogP contribution in [0, 0.1) is 11.8 Å². The van der Waals surface area contributed by atoms with Crippen molar-refractivity contribution in [3.63, 3.8) is 0 Å². The highest BCUT2D eigenvalue weighted by Gasteiger charge is 2.33. The van der Waals surface area contributed by atoms with E-state index in [1.54, 1.807) is 4.57 Å². The van der Waals surface area contributed by atoms with E-state index in [0.717, 1.165) is 42.9 Å². The number of benzene rings is 1. The topological polar surface area (TPSA) is 66.4 Å². The number of rotatable bonds is 8. The molecule has 2 aromatic rings. The van der Waals surface area contributed by atoms with E-state index in [1.807, 2.05) is 29.2 Å². The summed E-state index contributed by atoms with van der Waals surface area (Å²) in [7, 11) is 0. The standard InChI is InChI=1S/C29H35ClN4O2/c1-4-5-21-10-19(3)25-14-32-28-24(27(21)25)11-22(13-31-12-20-6-8-23(30)9-7-20)29(36)34(28)17-26(35)33-15-18(2)16-33/h6-11,18,21,31-32H,4-5,12-17H2,1-3H3. The van der Waals surface area contributed by atoms with Crippen LogP contribution in [-0.4, -0.2) is 35.0 Å². The van der Waals surface area contributed by atoms with Gasteiger partial charge in [0.05, 0.1) is 0 Å².